The lowest BCUT2D eigenvalue weighted by Gasteiger charge is -2.09. The molecule has 5 heteroatoms. The highest BCUT2D eigenvalue weighted by Gasteiger charge is 2.07. The van der Waals surface area contributed by atoms with E-state index in [0.29, 0.717) is 29.2 Å². The smallest absolute Gasteiger partial charge is 0.267 e. The van der Waals surface area contributed by atoms with Crippen molar-refractivity contribution in [3.63, 3.8) is 0 Å². The van der Waals surface area contributed by atoms with Crippen molar-refractivity contribution in [2.24, 2.45) is 5.92 Å². The molecular formula is C13H16ClN3O. The fraction of sp³-hybridized carbons (Fsp3) is 0.462. The van der Waals surface area contributed by atoms with Crippen molar-refractivity contribution < 1.29 is 0 Å². The summed E-state index contributed by atoms with van der Waals surface area (Å²) in [5.74, 6) is 1.14. The Kier molecular flexibility index (Phi) is 4.31. The van der Waals surface area contributed by atoms with Gasteiger partial charge < -0.3 is 0 Å². The minimum absolute atomic E-state index is 0.0707. The topological polar surface area (TPSA) is 47.8 Å². The van der Waals surface area contributed by atoms with Gasteiger partial charge >= 0.3 is 0 Å². The van der Waals surface area contributed by atoms with Gasteiger partial charge in [0.2, 0.25) is 0 Å². The van der Waals surface area contributed by atoms with Crippen molar-refractivity contribution in [3.8, 4) is 0 Å². The van der Waals surface area contributed by atoms with E-state index in [0.717, 1.165) is 12.8 Å². The number of aryl methyl sites for hydroxylation is 1. The number of benzene rings is 1. The van der Waals surface area contributed by atoms with Crippen LogP contribution in [0.3, 0.4) is 0 Å². The molecule has 0 aliphatic heterocycles. The van der Waals surface area contributed by atoms with Gasteiger partial charge in [0.25, 0.3) is 5.56 Å². The number of fused-ring (bicyclic) bond motifs is 1. The average molecular weight is 266 g/mol. The summed E-state index contributed by atoms with van der Waals surface area (Å²) >= 11 is 5.69. The lowest BCUT2D eigenvalue weighted by molar-refractivity contribution is 0.431. The molecule has 0 aliphatic rings. The Morgan fingerprint density at radius 2 is 2.11 bits per heavy atom. The molecule has 1 aromatic heterocycles. The second kappa shape index (κ2) is 5.96. The Morgan fingerprint density at radius 1 is 1.33 bits per heavy atom. The predicted molar refractivity (Wildman–Crippen MR) is 72.9 cm³/mol. The lowest BCUT2D eigenvalue weighted by Crippen LogP contribution is -2.25. The highest BCUT2D eigenvalue weighted by Crippen LogP contribution is 2.09. The van der Waals surface area contributed by atoms with E-state index in [1.807, 2.05) is 12.1 Å². The summed E-state index contributed by atoms with van der Waals surface area (Å²) in [4.78, 5) is 12.1. The molecule has 1 atom stereocenters. The third-order valence-corrected chi connectivity index (χ3v) is 3.28. The quantitative estimate of drug-likeness (QED) is 0.780. The average Bonchev–Trinajstić information content (AvgIpc) is 2.39. The maximum atomic E-state index is 12.1. The van der Waals surface area contributed by atoms with Crippen LogP contribution in [0, 0.1) is 5.92 Å². The Bertz CT molecular complexity index is 582. The zero-order valence-electron chi connectivity index (χ0n) is 10.3. The molecule has 0 amide bonds. The molecule has 0 aliphatic carbocycles. The molecule has 4 nitrogen and oxygen atoms in total. The fourth-order valence-corrected chi connectivity index (χ4v) is 2.22. The summed E-state index contributed by atoms with van der Waals surface area (Å²) in [5, 5.41) is 8.64. The first-order valence-electron chi connectivity index (χ1n) is 6.11. The summed E-state index contributed by atoms with van der Waals surface area (Å²) in [6, 6.07) is 7.27. The minimum atomic E-state index is -0.0707. The molecule has 18 heavy (non-hydrogen) atoms. The number of halogens is 1. The van der Waals surface area contributed by atoms with Gasteiger partial charge in [0, 0.05) is 12.4 Å². The molecule has 0 spiro atoms. The molecule has 1 heterocycles. The van der Waals surface area contributed by atoms with Crippen LogP contribution in [0.1, 0.15) is 19.8 Å². The highest BCUT2D eigenvalue weighted by molar-refractivity contribution is 6.17. The van der Waals surface area contributed by atoms with Crippen LogP contribution in [0.15, 0.2) is 29.1 Å². The van der Waals surface area contributed by atoms with Gasteiger partial charge in [-0.1, -0.05) is 24.3 Å². The second-order valence-electron chi connectivity index (χ2n) is 4.51. The number of rotatable bonds is 5. The minimum Gasteiger partial charge on any atom is -0.267 e. The molecule has 0 saturated heterocycles. The van der Waals surface area contributed by atoms with Gasteiger partial charge in [-0.25, -0.2) is 4.68 Å². The van der Waals surface area contributed by atoms with Crippen LogP contribution in [0.5, 0.6) is 0 Å². The summed E-state index contributed by atoms with van der Waals surface area (Å²) < 4.78 is 1.44. The van der Waals surface area contributed by atoms with Crippen molar-refractivity contribution in [2.45, 2.75) is 26.3 Å². The fourth-order valence-electron chi connectivity index (χ4n) is 1.84. The van der Waals surface area contributed by atoms with Gasteiger partial charge in [0.15, 0.2) is 0 Å². The van der Waals surface area contributed by atoms with E-state index in [9.17, 15) is 4.79 Å². The van der Waals surface area contributed by atoms with E-state index in [-0.39, 0.29) is 5.56 Å². The van der Waals surface area contributed by atoms with Crippen LogP contribution in [-0.4, -0.2) is 20.9 Å². The van der Waals surface area contributed by atoms with Crippen molar-refractivity contribution in [2.75, 3.05) is 5.88 Å². The van der Waals surface area contributed by atoms with Crippen LogP contribution >= 0.6 is 11.6 Å². The van der Waals surface area contributed by atoms with E-state index in [1.165, 1.54) is 4.68 Å². The molecule has 2 rings (SSSR count). The molecule has 0 N–H and O–H groups in total. The summed E-state index contributed by atoms with van der Waals surface area (Å²) in [6.45, 7) is 2.72. The molecule has 0 radical (unpaired) electrons. The van der Waals surface area contributed by atoms with E-state index >= 15 is 0 Å². The first-order chi connectivity index (χ1) is 8.72. The molecule has 0 bridgehead atoms. The van der Waals surface area contributed by atoms with Crippen LogP contribution in [0.2, 0.25) is 0 Å². The third-order valence-electron chi connectivity index (χ3n) is 3.06. The maximum absolute atomic E-state index is 12.1. The van der Waals surface area contributed by atoms with E-state index in [1.54, 1.807) is 12.1 Å². The summed E-state index contributed by atoms with van der Waals surface area (Å²) in [5.41, 5.74) is 0.575. The Hall–Kier alpha value is -1.42. The zero-order chi connectivity index (χ0) is 13.0. The van der Waals surface area contributed by atoms with E-state index < -0.39 is 0 Å². The van der Waals surface area contributed by atoms with E-state index in [2.05, 4.69) is 17.2 Å². The molecule has 0 saturated carbocycles. The molecule has 2 aromatic rings. The molecule has 1 aromatic carbocycles. The monoisotopic (exact) mass is 265 g/mol. The molecular weight excluding hydrogens is 250 g/mol. The van der Waals surface area contributed by atoms with Crippen LogP contribution in [0.25, 0.3) is 10.9 Å². The largest absolute Gasteiger partial charge is 0.277 e. The Morgan fingerprint density at radius 3 is 2.89 bits per heavy atom. The summed E-state index contributed by atoms with van der Waals surface area (Å²) in [6.07, 6.45) is 1.84. The third kappa shape index (κ3) is 2.88. The highest BCUT2D eigenvalue weighted by atomic mass is 35.5. The van der Waals surface area contributed by atoms with Gasteiger partial charge in [-0.2, -0.15) is 0 Å². The van der Waals surface area contributed by atoms with Crippen LogP contribution in [0.4, 0.5) is 0 Å². The standard InChI is InChI=1S/C13H16ClN3O/c1-10(6-8-14)7-9-17-13(18)11-4-2-3-5-12(11)15-16-17/h2-5,10H,6-9H2,1H3. The normalized spacial score (nSPS) is 12.8. The first-order valence-corrected chi connectivity index (χ1v) is 6.64. The van der Waals surface area contributed by atoms with Crippen LogP contribution in [-0.2, 0) is 6.54 Å². The molecule has 1 unspecified atom stereocenters. The van der Waals surface area contributed by atoms with Gasteiger partial charge in [-0.05, 0) is 30.9 Å². The van der Waals surface area contributed by atoms with Gasteiger partial charge in [-0.3, -0.25) is 4.79 Å². The number of nitrogens with zero attached hydrogens (tertiary/aromatic N) is 3. The van der Waals surface area contributed by atoms with Crippen molar-refractivity contribution >= 4 is 22.5 Å². The van der Waals surface area contributed by atoms with Crippen molar-refractivity contribution in [1.29, 1.82) is 0 Å². The Labute approximate surface area is 111 Å². The molecule has 96 valence electrons. The SMILES string of the molecule is CC(CCCl)CCn1nnc2ccccc2c1=O. The zero-order valence-corrected chi connectivity index (χ0v) is 11.1. The van der Waals surface area contributed by atoms with Crippen LogP contribution < -0.4 is 5.56 Å². The predicted octanol–water partition coefficient (Wildman–Crippen LogP) is 2.45. The van der Waals surface area contributed by atoms with E-state index in [4.69, 9.17) is 11.6 Å². The second-order valence-corrected chi connectivity index (χ2v) is 4.88. The van der Waals surface area contributed by atoms with Gasteiger partial charge in [0.05, 0.1) is 5.39 Å². The first kappa shape index (κ1) is 13.0. The Balaban J connectivity index is 2.19. The molecule has 0 fully saturated rings. The van der Waals surface area contributed by atoms with Crippen molar-refractivity contribution in [1.82, 2.24) is 15.0 Å². The number of alkyl halides is 1. The van der Waals surface area contributed by atoms with Crippen molar-refractivity contribution in [3.05, 3.63) is 34.6 Å². The lowest BCUT2D eigenvalue weighted by atomic mass is 10.1. The number of hydrogen-bond donors (Lipinski definition) is 0. The van der Waals surface area contributed by atoms with Gasteiger partial charge in [0.1, 0.15) is 5.52 Å². The summed E-state index contributed by atoms with van der Waals surface area (Å²) in [7, 11) is 0. The maximum Gasteiger partial charge on any atom is 0.277 e. The number of aromatic nitrogens is 3. The number of hydrogen-bond acceptors (Lipinski definition) is 3. The van der Waals surface area contributed by atoms with Gasteiger partial charge in [-0.15, -0.1) is 16.7 Å².